The summed E-state index contributed by atoms with van der Waals surface area (Å²) in [5.41, 5.74) is 9.47. The molecule has 1 aliphatic carbocycles. The Labute approximate surface area is 147 Å². The third-order valence-corrected chi connectivity index (χ3v) is 4.57. The molecule has 4 nitrogen and oxygen atoms in total. The van der Waals surface area contributed by atoms with E-state index >= 15 is 0 Å². The van der Waals surface area contributed by atoms with Crippen molar-refractivity contribution >= 4 is 11.8 Å². The minimum Gasteiger partial charge on any atom is -0.368 e. The Morgan fingerprint density at radius 2 is 1.64 bits per heavy atom. The fourth-order valence-electron chi connectivity index (χ4n) is 3.39. The van der Waals surface area contributed by atoms with E-state index in [9.17, 15) is 9.59 Å². The second-order valence-corrected chi connectivity index (χ2v) is 6.17. The molecular weight excluding hydrogens is 312 g/mol. The van der Waals surface area contributed by atoms with Crippen molar-refractivity contribution < 1.29 is 9.59 Å². The number of hydrogen-bond donors (Lipinski definition) is 2. The molecule has 25 heavy (non-hydrogen) atoms. The van der Waals surface area contributed by atoms with Crippen LogP contribution in [0.2, 0.25) is 0 Å². The van der Waals surface area contributed by atoms with Crippen LogP contribution in [0.5, 0.6) is 0 Å². The Morgan fingerprint density at radius 1 is 1.08 bits per heavy atom. The van der Waals surface area contributed by atoms with Gasteiger partial charge in [0.15, 0.2) is 0 Å². The van der Waals surface area contributed by atoms with Crippen molar-refractivity contribution in [3.05, 3.63) is 59.7 Å². The van der Waals surface area contributed by atoms with Gasteiger partial charge in [-0.2, -0.15) is 0 Å². The van der Waals surface area contributed by atoms with Crippen molar-refractivity contribution in [3.8, 4) is 23.5 Å². The Balaban J connectivity index is 1.87. The lowest BCUT2D eigenvalue weighted by atomic mass is 9.95. The number of fused-ring (bicyclic) bond motifs is 3. The van der Waals surface area contributed by atoms with Gasteiger partial charge >= 0.3 is 0 Å². The second kappa shape index (κ2) is 7.23. The predicted octanol–water partition coefficient (Wildman–Crippen LogP) is 2.57. The number of unbranched alkanes of at least 4 members (excludes halogenated alkanes) is 1. The number of benzene rings is 2. The van der Waals surface area contributed by atoms with Crippen molar-refractivity contribution in [2.45, 2.75) is 31.2 Å². The van der Waals surface area contributed by atoms with Crippen LogP contribution in [0.25, 0.3) is 11.1 Å². The Morgan fingerprint density at radius 3 is 2.16 bits per heavy atom. The number of carbonyl (C=O) groups excluding carboxylic acids is 2. The number of terminal acetylenes is 1. The molecule has 2 amide bonds. The van der Waals surface area contributed by atoms with Crippen molar-refractivity contribution in [2.75, 3.05) is 0 Å². The molecule has 2 aromatic carbocycles. The number of nitrogens with one attached hydrogen (secondary N) is 1. The molecule has 0 saturated carbocycles. The molecule has 0 bridgehead atoms. The molecular formula is C21H20N2O2. The topological polar surface area (TPSA) is 72.2 Å². The zero-order valence-corrected chi connectivity index (χ0v) is 13.9. The summed E-state index contributed by atoms with van der Waals surface area (Å²) in [5, 5.41) is 2.82. The summed E-state index contributed by atoms with van der Waals surface area (Å²) in [4.78, 5) is 24.7. The standard InChI is InChI=1S/C21H20N2O2/c1-2-3-4-13-18(20(22)24)23-21(25)19-16-11-7-5-9-14(16)15-10-6-8-12-17(15)19/h1,5-12,18-19H,3-4,13H2,(H2,22,24)(H,23,25)/t18-/m1/s1. The van der Waals surface area contributed by atoms with Gasteiger partial charge in [-0.05, 0) is 35.1 Å². The molecule has 0 fully saturated rings. The molecule has 126 valence electrons. The minimum atomic E-state index is -0.708. The van der Waals surface area contributed by atoms with E-state index < -0.39 is 17.9 Å². The molecule has 0 aromatic heterocycles. The van der Waals surface area contributed by atoms with E-state index in [1.54, 1.807) is 0 Å². The SMILES string of the molecule is C#CCCC[C@@H](NC(=O)C1c2ccccc2-c2ccccc21)C(N)=O. The first-order valence-corrected chi connectivity index (χ1v) is 8.35. The van der Waals surface area contributed by atoms with Gasteiger partial charge in [0.2, 0.25) is 11.8 Å². The third kappa shape index (κ3) is 3.27. The fraction of sp³-hybridized carbons (Fsp3) is 0.238. The number of primary amides is 1. The van der Waals surface area contributed by atoms with Crippen LogP contribution in [0.3, 0.4) is 0 Å². The summed E-state index contributed by atoms with van der Waals surface area (Å²) in [7, 11) is 0. The highest BCUT2D eigenvalue weighted by Crippen LogP contribution is 2.44. The van der Waals surface area contributed by atoms with Gasteiger partial charge in [-0.3, -0.25) is 9.59 Å². The maximum atomic E-state index is 13.0. The molecule has 1 atom stereocenters. The number of rotatable bonds is 6. The van der Waals surface area contributed by atoms with E-state index in [1.165, 1.54) is 0 Å². The summed E-state index contributed by atoms with van der Waals surface area (Å²) < 4.78 is 0. The van der Waals surface area contributed by atoms with Crippen molar-refractivity contribution in [1.82, 2.24) is 5.32 Å². The maximum absolute atomic E-state index is 13.0. The van der Waals surface area contributed by atoms with Gasteiger partial charge < -0.3 is 11.1 Å². The summed E-state index contributed by atoms with van der Waals surface area (Å²) in [6.45, 7) is 0. The van der Waals surface area contributed by atoms with Crippen LogP contribution in [0, 0.1) is 12.3 Å². The molecule has 1 aliphatic rings. The molecule has 4 heteroatoms. The number of hydrogen-bond acceptors (Lipinski definition) is 2. The largest absolute Gasteiger partial charge is 0.368 e. The van der Waals surface area contributed by atoms with Gasteiger partial charge in [-0.25, -0.2) is 0 Å². The van der Waals surface area contributed by atoms with Gasteiger partial charge in [0.25, 0.3) is 0 Å². The fourth-order valence-corrected chi connectivity index (χ4v) is 3.39. The summed E-state index contributed by atoms with van der Waals surface area (Å²) in [6, 6.07) is 15.0. The Bertz CT molecular complexity index is 805. The van der Waals surface area contributed by atoms with E-state index in [0.717, 1.165) is 22.3 Å². The lowest BCUT2D eigenvalue weighted by Gasteiger charge is -2.19. The lowest BCUT2D eigenvalue weighted by Crippen LogP contribution is -2.46. The van der Waals surface area contributed by atoms with Crippen LogP contribution in [-0.2, 0) is 9.59 Å². The van der Waals surface area contributed by atoms with E-state index in [4.69, 9.17) is 12.2 Å². The molecule has 0 heterocycles. The monoisotopic (exact) mass is 332 g/mol. The Hall–Kier alpha value is -3.06. The highest BCUT2D eigenvalue weighted by Gasteiger charge is 2.34. The van der Waals surface area contributed by atoms with Crippen LogP contribution in [-0.4, -0.2) is 17.9 Å². The van der Waals surface area contributed by atoms with Gasteiger partial charge in [0.1, 0.15) is 6.04 Å². The molecule has 2 aromatic rings. The van der Waals surface area contributed by atoms with Gasteiger partial charge in [0.05, 0.1) is 5.92 Å². The van der Waals surface area contributed by atoms with Crippen LogP contribution in [0.1, 0.15) is 36.3 Å². The van der Waals surface area contributed by atoms with Crippen LogP contribution < -0.4 is 11.1 Å². The summed E-state index contributed by atoms with van der Waals surface area (Å²) in [5.74, 6) is 1.36. The smallest absolute Gasteiger partial charge is 0.240 e. The van der Waals surface area contributed by atoms with Crippen molar-refractivity contribution in [3.63, 3.8) is 0 Å². The minimum absolute atomic E-state index is 0.207. The van der Waals surface area contributed by atoms with Crippen molar-refractivity contribution in [1.29, 1.82) is 0 Å². The average molecular weight is 332 g/mol. The van der Waals surface area contributed by atoms with E-state index in [2.05, 4.69) is 11.2 Å². The lowest BCUT2D eigenvalue weighted by molar-refractivity contribution is -0.127. The average Bonchev–Trinajstić information content (AvgIpc) is 2.95. The first-order valence-electron chi connectivity index (χ1n) is 8.35. The van der Waals surface area contributed by atoms with Gasteiger partial charge in [-0.15, -0.1) is 12.3 Å². The Kier molecular flexibility index (Phi) is 4.85. The molecule has 3 rings (SSSR count). The molecule has 0 unspecified atom stereocenters. The molecule has 0 spiro atoms. The molecule has 3 N–H and O–H groups in total. The quantitative estimate of drug-likeness (QED) is 0.630. The van der Waals surface area contributed by atoms with E-state index in [0.29, 0.717) is 19.3 Å². The highest BCUT2D eigenvalue weighted by molar-refractivity contribution is 5.98. The first-order chi connectivity index (χ1) is 12.1. The van der Waals surface area contributed by atoms with E-state index in [1.807, 2.05) is 48.5 Å². The normalized spacial score (nSPS) is 13.4. The highest BCUT2D eigenvalue weighted by atomic mass is 16.2. The maximum Gasteiger partial charge on any atom is 0.240 e. The zero-order chi connectivity index (χ0) is 17.8. The molecule has 0 saturated heterocycles. The van der Waals surface area contributed by atoms with E-state index in [-0.39, 0.29) is 5.91 Å². The molecule has 0 radical (unpaired) electrons. The first kappa shape index (κ1) is 16.8. The second-order valence-electron chi connectivity index (χ2n) is 6.17. The van der Waals surface area contributed by atoms with Crippen molar-refractivity contribution in [2.24, 2.45) is 5.73 Å². The van der Waals surface area contributed by atoms with Crippen LogP contribution in [0.4, 0.5) is 0 Å². The van der Waals surface area contributed by atoms with Crippen LogP contribution in [0.15, 0.2) is 48.5 Å². The number of carbonyl (C=O) groups is 2. The summed E-state index contributed by atoms with van der Waals surface area (Å²) in [6.07, 6.45) is 6.88. The summed E-state index contributed by atoms with van der Waals surface area (Å²) >= 11 is 0. The number of nitrogens with two attached hydrogens (primary N) is 1. The third-order valence-electron chi connectivity index (χ3n) is 4.57. The number of amides is 2. The van der Waals surface area contributed by atoms with Gasteiger partial charge in [-0.1, -0.05) is 48.5 Å². The zero-order valence-electron chi connectivity index (χ0n) is 13.9. The van der Waals surface area contributed by atoms with Gasteiger partial charge in [0, 0.05) is 6.42 Å². The molecule has 0 aliphatic heterocycles. The van der Waals surface area contributed by atoms with Crippen LogP contribution >= 0.6 is 0 Å². The predicted molar refractivity (Wildman–Crippen MR) is 97.5 cm³/mol.